The Morgan fingerprint density at radius 2 is 2.00 bits per heavy atom. The van der Waals surface area contributed by atoms with E-state index in [2.05, 4.69) is 0 Å². The fraction of sp³-hybridized carbons (Fsp3) is 0.909. The molecule has 0 aliphatic rings. The maximum Gasteiger partial charge on any atom is 0.239 e. The van der Waals surface area contributed by atoms with Crippen LogP contribution in [0.5, 0.6) is 0 Å². The van der Waals surface area contributed by atoms with E-state index in [9.17, 15) is 13.2 Å². The molecular weight excluding hydrogens is 272 g/mol. The lowest BCUT2D eigenvalue weighted by Crippen LogP contribution is -2.47. The standard InChI is InChI=1S/C11H24N2O3S2/c1-5-9(8-17-3)13(2)11(14)10(12)6-7-18(4,15)16/h9-10H,5-8,12H2,1-4H3. The first-order valence-corrected chi connectivity index (χ1v) is 9.37. The average Bonchev–Trinajstić information content (AvgIpc) is 2.30. The minimum Gasteiger partial charge on any atom is -0.341 e. The number of likely N-dealkylation sites (N-methyl/N-ethyl adjacent to an activating group) is 1. The highest BCUT2D eigenvalue weighted by Crippen LogP contribution is 2.10. The molecule has 0 aliphatic carbocycles. The molecule has 5 nitrogen and oxygen atoms in total. The maximum absolute atomic E-state index is 12.0. The van der Waals surface area contributed by atoms with Crippen LogP contribution in [-0.4, -0.2) is 62.4 Å². The van der Waals surface area contributed by atoms with Crippen molar-refractivity contribution >= 4 is 27.5 Å². The SMILES string of the molecule is CCC(CSC)N(C)C(=O)C(N)CCS(C)(=O)=O. The summed E-state index contributed by atoms with van der Waals surface area (Å²) in [7, 11) is -1.34. The highest BCUT2D eigenvalue weighted by atomic mass is 32.2. The number of thioether (sulfide) groups is 1. The quantitative estimate of drug-likeness (QED) is 0.699. The molecule has 0 fully saturated rings. The predicted octanol–water partition coefficient (Wildman–Crippen LogP) is 0.348. The van der Waals surface area contributed by atoms with E-state index in [1.165, 1.54) is 0 Å². The minimum absolute atomic E-state index is 0.0485. The average molecular weight is 296 g/mol. The van der Waals surface area contributed by atoms with Crippen molar-refractivity contribution < 1.29 is 13.2 Å². The van der Waals surface area contributed by atoms with Crippen LogP contribution in [0.15, 0.2) is 0 Å². The van der Waals surface area contributed by atoms with Crippen molar-refractivity contribution in [1.29, 1.82) is 0 Å². The summed E-state index contributed by atoms with van der Waals surface area (Å²) in [5.41, 5.74) is 5.75. The van der Waals surface area contributed by atoms with Gasteiger partial charge in [-0.15, -0.1) is 0 Å². The lowest BCUT2D eigenvalue weighted by molar-refractivity contribution is -0.133. The topological polar surface area (TPSA) is 80.5 Å². The van der Waals surface area contributed by atoms with Crippen molar-refractivity contribution in [3.63, 3.8) is 0 Å². The van der Waals surface area contributed by atoms with Crippen LogP contribution in [0.2, 0.25) is 0 Å². The molecule has 108 valence electrons. The van der Waals surface area contributed by atoms with Gasteiger partial charge in [0.05, 0.1) is 11.8 Å². The van der Waals surface area contributed by atoms with Gasteiger partial charge in [0, 0.05) is 25.1 Å². The molecule has 0 aromatic heterocycles. The number of sulfone groups is 1. The third kappa shape index (κ3) is 6.61. The van der Waals surface area contributed by atoms with E-state index in [4.69, 9.17) is 5.73 Å². The molecule has 0 heterocycles. The van der Waals surface area contributed by atoms with Crippen molar-refractivity contribution in [3.8, 4) is 0 Å². The Labute approximate surface area is 114 Å². The second-order valence-corrected chi connectivity index (χ2v) is 7.66. The van der Waals surface area contributed by atoms with Crippen LogP contribution in [-0.2, 0) is 14.6 Å². The van der Waals surface area contributed by atoms with Crippen LogP contribution < -0.4 is 5.73 Å². The van der Waals surface area contributed by atoms with E-state index >= 15 is 0 Å². The van der Waals surface area contributed by atoms with Crippen molar-refractivity contribution in [2.24, 2.45) is 5.73 Å². The van der Waals surface area contributed by atoms with Gasteiger partial charge < -0.3 is 10.6 Å². The number of carbonyl (C=O) groups is 1. The fourth-order valence-corrected chi connectivity index (χ4v) is 3.13. The molecule has 0 rings (SSSR count). The third-order valence-corrected chi connectivity index (χ3v) is 4.54. The van der Waals surface area contributed by atoms with E-state index < -0.39 is 15.9 Å². The Kier molecular flexibility index (Phi) is 7.89. The smallest absolute Gasteiger partial charge is 0.239 e. The van der Waals surface area contributed by atoms with Gasteiger partial charge in [0.15, 0.2) is 0 Å². The van der Waals surface area contributed by atoms with Gasteiger partial charge in [-0.2, -0.15) is 11.8 Å². The Morgan fingerprint density at radius 3 is 2.39 bits per heavy atom. The van der Waals surface area contributed by atoms with E-state index in [-0.39, 0.29) is 24.1 Å². The Balaban J connectivity index is 4.43. The highest BCUT2D eigenvalue weighted by Gasteiger charge is 2.24. The molecule has 18 heavy (non-hydrogen) atoms. The van der Waals surface area contributed by atoms with Crippen molar-refractivity contribution in [3.05, 3.63) is 0 Å². The van der Waals surface area contributed by atoms with E-state index in [0.717, 1.165) is 18.4 Å². The fourth-order valence-electron chi connectivity index (χ4n) is 1.60. The predicted molar refractivity (Wildman–Crippen MR) is 77.5 cm³/mol. The molecule has 0 aromatic rings. The van der Waals surface area contributed by atoms with Crippen molar-refractivity contribution in [2.45, 2.75) is 31.8 Å². The highest BCUT2D eigenvalue weighted by molar-refractivity contribution is 7.98. The van der Waals surface area contributed by atoms with Gasteiger partial charge in [-0.3, -0.25) is 4.79 Å². The van der Waals surface area contributed by atoms with E-state index in [1.54, 1.807) is 23.7 Å². The zero-order valence-electron chi connectivity index (χ0n) is 11.5. The van der Waals surface area contributed by atoms with Crippen LogP contribution in [0.25, 0.3) is 0 Å². The second-order valence-electron chi connectivity index (χ2n) is 4.49. The molecule has 0 spiro atoms. The summed E-state index contributed by atoms with van der Waals surface area (Å²) in [6.07, 6.45) is 4.18. The van der Waals surface area contributed by atoms with Gasteiger partial charge in [-0.25, -0.2) is 8.42 Å². The van der Waals surface area contributed by atoms with Crippen molar-refractivity contribution in [1.82, 2.24) is 4.90 Å². The van der Waals surface area contributed by atoms with Crippen molar-refractivity contribution in [2.75, 3.05) is 31.1 Å². The molecule has 0 saturated carbocycles. The van der Waals surface area contributed by atoms with Gasteiger partial charge in [-0.1, -0.05) is 6.92 Å². The maximum atomic E-state index is 12.0. The first-order chi connectivity index (χ1) is 8.22. The normalized spacial score (nSPS) is 15.2. The third-order valence-electron chi connectivity index (χ3n) is 2.84. The Morgan fingerprint density at radius 1 is 1.44 bits per heavy atom. The van der Waals surface area contributed by atoms with Gasteiger partial charge in [0.25, 0.3) is 0 Å². The number of hydrogen-bond donors (Lipinski definition) is 1. The van der Waals surface area contributed by atoms with Gasteiger partial charge in [0.2, 0.25) is 5.91 Å². The first kappa shape index (κ1) is 17.7. The zero-order chi connectivity index (χ0) is 14.3. The molecule has 7 heteroatoms. The molecule has 0 radical (unpaired) electrons. The molecule has 2 N–H and O–H groups in total. The largest absolute Gasteiger partial charge is 0.341 e. The molecule has 0 bridgehead atoms. The summed E-state index contributed by atoms with van der Waals surface area (Å²) in [5.74, 6) is 0.629. The minimum atomic E-state index is -3.07. The summed E-state index contributed by atoms with van der Waals surface area (Å²) >= 11 is 1.68. The molecule has 0 aliphatic heterocycles. The summed E-state index contributed by atoms with van der Waals surface area (Å²) in [6.45, 7) is 2.02. The molecule has 0 aromatic carbocycles. The van der Waals surface area contributed by atoms with Gasteiger partial charge in [0.1, 0.15) is 9.84 Å². The first-order valence-electron chi connectivity index (χ1n) is 5.91. The lowest BCUT2D eigenvalue weighted by atomic mass is 10.1. The van der Waals surface area contributed by atoms with Crippen LogP contribution in [0, 0.1) is 0 Å². The number of nitrogens with zero attached hydrogens (tertiary/aromatic N) is 1. The van der Waals surface area contributed by atoms with Crippen LogP contribution in [0.3, 0.4) is 0 Å². The monoisotopic (exact) mass is 296 g/mol. The number of nitrogens with two attached hydrogens (primary N) is 1. The number of amides is 1. The number of rotatable bonds is 8. The Bertz CT molecular complexity index is 357. The van der Waals surface area contributed by atoms with Crippen LogP contribution >= 0.6 is 11.8 Å². The molecule has 2 atom stereocenters. The summed E-state index contributed by atoms with van der Waals surface area (Å²) in [4.78, 5) is 13.7. The van der Waals surface area contributed by atoms with Gasteiger partial charge >= 0.3 is 0 Å². The molecular formula is C11H24N2O3S2. The summed E-state index contributed by atoms with van der Waals surface area (Å²) in [6, 6.07) is -0.586. The zero-order valence-corrected chi connectivity index (χ0v) is 13.2. The van der Waals surface area contributed by atoms with Gasteiger partial charge in [-0.05, 0) is 19.1 Å². The lowest BCUT2D eigenvalue weighted by Gasteiger charge is -2.29. The Hall–Kier alpha value is -0.270. The molecule has 0 saturated heterocycles. The summed E-state index contributed by atoms with van der Waals surface area (Å²) in [5, 5.41) is 0. The van der Waals surface area contributed by atoms with E-state index in [0.29, 0.717) is 0 Å². The number of hydrogen-bond acceptors (Lipinski definition) is 5. The summed E-state index contributed by atoms with van der Waals surface area (Å²) < 4.78 is 22.1. The molecule has 2 unspecified atom stereocenters. The second kappa shape index (κ2) is 8.01. The van der Waals surface area contributed by atoms with E-state index in [1.807, 2.05) is 13.2 Å². The van der Waals surface area contributed by atoms with Crippen LogP contribution in [0.4, 0.5) is 0 Å². The van der Waals surface area contributed by atoms with Crippen LogP contribution in [0.1, 0.15) is 19.8 Å². The molecule has 1 amide bonds. The number of carbonyl (C=O) groups excluding carboxylic acids is 1.